The molecule has 0 spiro atoms. The molecule has 0 aliphatic carbocycles. The molecule has 0 radical (unpaired) electrons. The zero-order valence-electron chi connectivity index (χ0n) is 9.98. The number of nitrogens with zero attached hydrogens (tertiary/aromatic N) is 1. The lowest BCUT2D eigenvalue weighted by Gasteiger charge is -2.23. The van der Waals surface area contributed by atoms with Crippen LogP contribution in [0.2, 0.25) is 0 Å². The zero-order chi connectivity index (χ0) is 12.3. The van der Waals surface area contributed by atoms with Crippen LogP contribution in [0.25, 0.3) is 0 Å². The molecule has 1 aliphatic rings. The molecule has 0 bridgehead atoms. The van der Waals surface area contributed by atoms with E-state index < -0.39 is 5.97 Å². The van der Waals surface area contributed by atoms with Gasteiger partial charge in [0.1, 0.15) is 0 Å². The second-order valence-corrected chi connectivity index (χ2v) is 4.28. The third kappa shape index (κ3) is 2.77. The first-order valence-electron chi connectivity index (χ1n) is 5.85. The quantitative estimate of drug-likeness (QED) is 0.850. The number of hydrogen-bond donors (Lipinski definition) is 1. The average Bonchev–Trinajstić information content (AvgIpc) is 2.57. The molecule has 1 aromatic carbocycles. The number of carbonyl (C=O) groups is 1. The Labute approximate surface area is 101 Å². The van der Waals surface area contributed by atoms with E-state index in [2.05, 4.69) is 4.90 Å². The van der Waals surface area contributed by atoms with Crippen LogP contribution < -0.4 is 4.90 Å². The van der Waals surface area contributed by atoms with Crippen LogP contribution in [0.3, 0.4) is 0 Å². The molecule has 1 fully saturated rings. The van der Waals surface area contributed by atoms with Gasteiger partial charge in [0.05, 0.1) is 17.9 Å². The maximum Gasteiger partial charge on any atom is 0.337 e. The topological polar surface area (TPSA) is 49.8 Å². The summed E-state index contributed by atoms with van der Waals surface area (Å²) in [7, 11) is 0. The summed E-state index contributed by atoms with van der Waals surface area (Å²) in [6.45, 7) is 4.92. The third-order valence-electron chi connectivity index (χ3n) is 2.95. The molecular weight excluding hydrogens is 218 g/mol. The Bertz CT molecular complexity index is 409. The third-order valence-corrected chi connectivity index (χ3v) is 2.95. The van der Waals surface area contributed by atoms with E-state index in [9.17, 15) is 9.90 Å². The Morgan fingerprint density at radius 2 is 2.18 bits per heavy atom. The first-order chi connectivity index (χ1) is 8.18. The van der Waals surface area contributed by atoms with Gasteiger partial charge in [-0.05, 0) is 25.5 Å². The minimum atomic E-state index is -0.867. The molecule has 17 heavy (non-hydrogen) atoms. The Balaban J connectivity index is 2.32. The fourth-order valence-corrected chi connectivity index (χ4v) is 2.08. The van der Waals surface area contributed by atoms with Gasteiger partial charge in [-0.1, -0.05) is 11.6 Å². The van der Waals surface area contributed by atoms with Gasteiger partial charge < -0.3 is 14.7 Å². The Morgan fingerprint density at radius 1 is 1.35 bits per heavy atom. The fourth-order valence-electron chi connectivity index (χ4n) is 2.08. The van der Waals surface area contributed by atoms with E-state index >= 15 is 0 Å². The van der Waals surface area contributed by atoms with Crippen molar-refractivity contribution in [3.05, 3.63) is 29.3 Å². The van der Waals surface area contributed by atoms with Crippen molar-refractivity contribution >= 4 is 11.7 Å². The van der Waals surface area contributed by atoms with Gasteiger partial charge in [-0.3, -0.25) is 0 Å². The summed E-state index contributed by atoms with van der Waals surface area (Å²) in [4.78, 5) is 13.3. The van der Waals surface area contributed by atoms with E-state index in [1.165, 1.54) is 0 Å². The second kappa shape index (κ2) is 5.19. The lowest BCUT2D eigenvalue weighted by molar-refractivity contribution is 0.0697. The van der Waals surface area contributed by atoms with Crippen molar-refractivity contribution in [1.29, 1.82) is 0 Å². The summed E-state index contributed by atoms with van der Waals surface area (Å²) in [5, 5.41) is 9.23. The van der Waals surface area contributed by atoms with Gasteiger partial charge in [-0.25, -0.2) is 4.79 Å². The number of anilines is 1. The fraction of sp³-hybridized carbons (Fsp3) is 0.462. The Kier molecular flexibility index (Phi) is 3.64. The van der Waals surface area contributed by atoms with Crippen molar-refractivity contribution in [1.82, 2.24) is 0 Å². The molecule has 1 heterocycles. The number of ether oxygens (including phenoxy) is 1. The van der Waals surface area contributed by atoms with Crippen LogP contribution in [0.5, 0.6) is 0 Å². The maximum absolute atomic E-state index is 11.2. The molecule has 4 heteroatoms. The van der Waals surface area contributed by atoms with Crippen molar-refractivity contribution in [3.8, 4) is 0 Å². The van der Waals surface area contributed by atoms with Gasteiger partial charge >= 0.3 is 5.97 Å². The van der Waals surface area contributed by atoms with E-state index in [0.29, 0.717) is 12.2 Å². The van der Waals surface area contributed by atoms with Gasteiger partial charge in [0.2, 0.25) is 0 Å². The minimum absolute atomic E-state index is 0.381. The van der Waals surface area contributed by atoms with Crippen LogP contribution >= 0.6 is 0 Å². The summed E-state index contributed by atoms with van der Waals surface area (Å²) in [6.07, 6.45) is 0.937. The van der Waals surface area contributed by atoms with Gasteiger partial charge in [0.15, 0.2) is 0 Å². The largest absolute Gasteiger partial charge is 0.478 e. The van der Waals surface area contributed by atoms with E-state index in [0.717, 1.165) is 37.4 Å². The van der Waals surface area contributed by atoms with Crippen LogP contribution in [0.1, 0.15) is 22.3 Å². The summed E-state index contributed by atoms with van der Waals surface area (Å²) in [6, 6.07) is 5.57. The van der Waals surface area contributed by atoms with E-state index in [1.807, 2.05) is 19.1 Å². The van der Waals surface area contributed by atoms with Crippen molar-refractivity contribution in [2.24, 2.45) is 0 Å². The summed E-state index contributed by atoms with van der Waals surface area (Å²) >= 11 is 0. The number of hydrogen-bond acceptors (Lipinski definition) is 3. The van der Waals surface area contributed by atoms with E-state index in [4.69, 9.17) is 4.74 Å². The molecule has 0 aromatic heterocycles. The van der Waals surface area contributed by atoms with Crippen molar-refractivity contribution in [3.63, 3.8) is 0 Å². The summed E-state index contributed by atoms with van der Waals surface area (Å²) < 4.78 is 5.38. The number of carboxylic acid groups (broad SMARTS) is 1. The summed E-state index contributed by atoms with van der Waals surface area (Å²) in [5.41, 5.74) is 2.15. The van der Waals surface area contributed by atoms with Crippen molar-refractivity contribution in [2.45, 2.75) is 13.3 Å². The number of carboxylic acids is 1. The Morgan fingerprint density at radius 3 is 2.94 bits per heavy atom. The van der Waals surface area contributed by atoms with Crippen LogP contribution in [0.15, 0.2) is 18.2 Å². The normalized spacial score (nSPS) is 16.6. The van der Waals surface area contributed by atoms with Crippen molar-refractivity contribution < 1.29 is 14.6 Å². The predicted molar refractivity (Wildman–Crippen MR) is 65.8 cm³/mol. The lowest BCUT2D eigenvalue weighted by atomic mass is 10.1. The molecule has 92 valence electrons. The van der Waals surface area contributed by atoms with Gasteiger partial charge in [-0.2, -0.15) is 0 Å². The minimum Gasteiger partial charge on any atom is -0.478 e. The number of rotatable bonds is 2. The number of aryl methyl sites for hydroxylation is 1. The highest BCUT2D eigenvalue weighted by atomic mass is 16.5. The molecule has 1 aromatic rings. The van der Waals surface area contributed by atoms with Crippen LogP contribution in [-0.2, 0) is 4.74 Å². The molecule has 2 rings (SSSR count). The standard InChI is InChI=1S/C13H17NO3/c1-10-3-4-12(11(9-10)13(15)16)14-5-2-7-17-8-6-14/h3-4,9H,2,5-8H2,1H3,(H,15,16). The predicted octanol–water partition coefficient (Wildman–Crippen LogP) is 1.92. The maximum atomic E-state index is 11.2. The van der Waals surface area contributed by atoms with Gasteiger partial charge in [0.25, 0.3) is 0 Å². The first-order valence-corrected chi connectivity index (χ1v) is 5.85. The molecule has 0 saturated carbocycles. The molecule has 0 atom stereocenters. The summed E-state index contributed by atoms with van der Waals surface area (Å²) in [5.74, 6) is -0.867. The molecule has 4 nitrogen and oxygen atoms in total. The average molecular weight is 235 g/mol. The monoisotopic (exact) mass is 235 g/mol. The molecule has 1 saturated heterocycles. The molecular formula is C13H17NO3. The van der Waals surface area contributed by atoms with Gasteiger partial charge in [0, 0.05) is 19.7 Å². The number of aromatic carboxylic acids is 1. The van der Waals surface area contributed by atoms with E-state index in [1.54, 1.807) is 6.07 Å². The lowest BCUT2D eigenvalue weighted by Crippen LogP contribution is -2.27. The van der Waals surface area contributed by atoms with Gasteiger partial charge in [-0.15, -0.1) is 0 Å². The van der Waals surface area contributed by atoms with Crippen LogP contribution in [0.4, 0.5) is 5.69 Å². The highest BCUT2D eigenvalue weighted by Crippen LogP contribution is 2.23. The second-order valence-electron chi connectivity index (χ2n) is 4.28. The van der Waals surface area contributed by atoms with Crippen molar-refractivity contribution in [2.75, 3.05) is 31.2 Å². The molecule has 0 amide bonds. The highest BCUT2D eigenvalue weighted by molar-refractivity contribution is 5.94. The zero-order valence-corrected chi connectivity index (χ0v) is 9.98. The van der Waals surface area contributed by atoms with Crippen LogP contribution in [0, 0.1) is 6.92 Å². The van der Waals surface area contributed by atoms with Crippen LogP contribution in [-0.4, -0.2) is 37.4 Å². The number of benzene rings is 1. The highest BCUT2D eigenvalue weighted by Gasteiger charge is 2.17. The molecule has 1 aliphatic heterocycles. The molecule has 1 N–H and O–H groups in total. The molecule has 0 unspecified atom stereocenters. The SMILES string of the molecule is Cc1ccc(N2CCCOCC2)c(C(=O)O)c1. The Hall–Kier alpha value is -1.55. The smallest absolute Gasteiger partial charge is 0.337 e. The van der Waals surface area contributed by atoms with E-state index in [-0.39, 0.29) is 0 Å². The first kappa shape index (κ1) is 11.9.